The standard InChI is InChI=1S/C13H17N3O2S/c1-16(2)10-7-13(12(8-14)15-9-10)19(17,18)11-5-3-4-6-11/h7,9,11H,3-6H2,1-2H3. The maximum absolute atomic E-state index is 12.6. The first-order chi connectivity index (χ1) is 8.96. The lowest BCUT2D eigenvalue weighted by Gasteiger charge is -2.16. The van der Waals surface area contributed by atoms with Crippen molar-refractivity contribution in [3.05, 3.63) is 18.0 Å². The van der Waals surface area contributed by atoms with Crippen molar-refractivity contribution in [2.75, 3.05) is 19.0 Å². The predicted molar refractivity (Wildman–Crippen MR) is 72.7 cm³/mol. The molecular formula is C13H17N3O2S. The maximum Gasteiger partial charge on any atom is 0.184 e. The Balaban J connectivity index is 2.53. The van der Waals surface area contributed by atoms with Gasteiger partial charge in [0, 0.05) is 14.1 Å². The Morgan fingerprint density at radius 2 is 2.00 bits per heavy atom. The first-order valence-corrected chi connectivity index (χ1v) is 7.83. The van der Waals surface area contributed by atoms with Crippen molar-refractivity contribution in [3.63, 3.8) is 0 Å². The summed E-state index contributed by atoms with van der Waals surface area (Å²) in [5.74, 6) is 0. The van der Waals surface area contributed by atoms with E-state index < -0.39 is 9.84 Å². The highest BCUT2D eigenvalue weighted by molar-refractivity contribution is 7.92. The van der Waals surface area contributed by atoms with E-state index in [0.29, 0.717) is 18.5 Å². The molecule has 1 aliphatic carbocycles. The summed E-state index contributed by atoms with van der Waals surface area (Å²) in [6.07, 6.45) is 4.75. The van der Waals surface area contributed by atoms with Crippen LogP contribution in [-0.2, 0) is 9.84 Å². The fourth-order valence-electron chi connectivity index (χ4n) is 2.36. The second-order valence-corrected chi connectivity index (χ2v) is 7.19. The number of hydrogen-bond acceptors (Lipinski definition) is 5. The molecule has 0 unspecified atom stereocenters. The summed E-state index contributed by atoms with van der Waals surface area (Å²) in [4.78, 5) is 5.83. The molecule has 5 nitrogen and oxygen atoms in total. The van der Waals surface area contributed by atoms with Gasteiger partial charge in [0.2, 0.25) is 0 Å². The van der Waals surface area contributed by atoms with Crippen LogP contribution < -0.4 is 4.90 Å². The number of sulfone groups is 1. The molecule has 2 rings (SSSR count). The highest BCUT2D eigenvalue weighted by Crippen LogP contribution is 2.31. The number of rotatable bonds is 3. The number of anilines is 1. The lowest BCUT2D eigenvalue weighted by atomic mass is 10.3. The van der Waals surface area contributed by atoms with Crippen LogP contribution in [0, 0.1) is 11.3 Å². The van der Waals surface area contributed by atoms with E-state index in [0.717, 1.165) is 12.8 Å². The molecule has 19 heavy (non-hydrogen) atoms. The van der Waals surface area contributed by atoms with E-state index in [1.807, 2.05) is 20.2 Å². The van der Waals surface area contributed by atoms with Crippen LogP contribution in [0.15, 0.2) is 17.2 Å². The van der Waals surface area contributed by atoms with Crippen LogP contribution in [0.3, 0.4) is 0 Å². The molecule has 0 bridgehead atoms. The van der Waals surface area contributed by atoms with Crippen LogP contribution >= 0.6 is 0 Å². The highest BCUT2D eigenvalue weighted by atomic mass is 32.2. The molecule has 0 N–H and O–H groups in total. The molecule has 0 amide bonds. The third kappa shape index (κ3) is 2.56. The van der Waals surface area contributed by atoms with E-state index in [1.165, 1.54) is 6.20 Å². The summed E-state index contributed by atoms with van der Waals surface area (Å²) in [6, 6.07) is 3.44. The quantitative estimate of drug-likeness (QED) is 0.842. The third-order valence-corrected chi connectivity index (χ3v) is 5.78. The van der Waals surface area contributed by atoms with Crippen LogP contribution in [-0.4, -0.2) is 32.7 Å². The Labute approximate surface area is 113 Å². The first kappa shape index (κ1) is 13.8. The first-order valence-electron chi connectivity index (χ1n) is 6.28. The van der Waals surface area contributed by atoms with Crippen molar-refractivity contribution < 1.29 is 8.42 Å². The molecule has 0 aromatic carbocycles. The molecule has 1 saturated carbocycles. The van der Waals surface area contributed by atoms with Crippen LogP contribution in [0.1, 0.15) is 31.4 Å². The Morgan fingerprint density at radius 3 is 2.53 bits per heavy atom. The summed E-state index contributed by atoms with van der Waals surface area (Å²) in [7, 11) is 0.180. The van der Waals surface area contributed by atoms with Gasteiger partial charge in [-0.15, -0.1) is 0 Å². The van der Waals surface area contributed by atoms with Gasteiger partial charge in [-0.2, -0.15) is 5.26 Å². The van der Waals surface area contributed by atoms with Gasteiger partial charge in [-0.1, -0.05) is 12.8 Å². The van der Waals surface area contributed by atoms with Gasteiger partial charge in [-0.25, -0.2) is 13.4 Å². The highest BCUT2D eigenvalue weighted by Gasteiger charge is 2.32. The van der Waals surface area contributed by atoms with E-state index >= 15 is 0 Å². The van der Waals surface area contributed by atoms with Gasteiger partial charge in [0.15, 0.2) is 15.5 Å². The molecule has 102 valence electrons. The summed E-state index contributed by atoms with van der Waals surface area (Å²) in [5, 5.41) is 8.70. The summed E-state index contributed by atoms with van der Waals surface area (Å²) >= 11 is 0. The van der Waals surface area contributed by atoms with E-state index in [1.54, 1.807) is 11.0 Å². The fourth-order valence-corrected chi connectivity index (χ4v) is 4.32. The smallest absolute Gasteiger partial charge is 0.184 e. The number of hydrogen-bond donors (Lipinski definition) is 0. The molecule has 0 atom stereocenters. The van der Waals surface area contributed by atoms with Gasteiger partial charge >= 0.3 is 0 Å². The third-order valence-electron chi connectivity index (χ3n) is 3.51. The lowest BCUT2D eigenvalue weighted by Crippen LogP contribution is -2.20. The maximum atomic E-state index is 12.6. The average molecular weight is 279 g/mol. The molecule has 0 radical (unpaired) electrons. The topological polar surface area (TPSA) is 74.1 Å². The minimum absolute atomic E-state index is 0.00231. The van der Waals surface area contributed by atoms with E-state index in [-0.39, 0.29) is 15.8 Å². The molecule has 1 aliphatic rings. The van der Waals surface area contributed by atoms with Crippen LogP contribution in [0.25, 0.3) is 0 Å². The van der Waals surface area contributed by atoms with Crippen molar-refractivity contribution in [3.8, 4) is 6.07 Å². The molecule has 1 fully saturated rings. The number of nitrogens with zero attached hydrogens (tertiary/aromatic N) is 3. The van der Waals surface area contributed by atoms with Crippen molar-refractivity contribution in [1.82, 2.24) is 4.98 Å². The molecule has 0 saturated heterocycles. The number of nitriles is 1. The van der Waals surface area contributed by atoms with Crippen LogP contribution in [0.5, 0.6) is 0 Å². The zero-order valence-electron chi connectivity index (χ0n) is 11.1. The van der Waals surface area contributed by atoms with Crippen molar-refractivity contribution >= 4 is 15.5 Å². The fraction of sp³-hybridized carbons (Fsp3) is 0.538. The normalized spacial score (nSPS) is 16.3. The lowest BCUT2D eigenvalue weighted by molar-refractivity contribution is 0.579. The van der Waals surface area contributed by atoms with E-state index in [2.05, 4.69) is 4.98 Å². The Hall–Kier alpha value is -1.61. The molecule has 1 heterocycles. The molecule has 1 aromatic rings. The molecule has 1 aromatic heterocycles. The zero-order valence-corrected chi connectivity index (χ0v) is 11.9. The minimum atomic E-state index is -3.45. The number of aromatic nitrogens is 1. The Bertz CT molecular complexity index is 611. The molecule has 0 aliphatic heterocycles. The van der Waals surface area contributed by atoms with Gasteiger partial charge in [0.1, 0.15) is 11.0 Å². The van der Waals surface area contributed by atoms with Gasteiger partial charge in [-0.3, -0.25) is 0 Å². The number of pyridine rings is 1. The largest absolute Gasteiger partial charge is 0.376 e. The van der Waals surface area contributed by atoms with Crippen molar-refractivity contribution in [2.24, 2.45) is 0 Å². The van der Waals surface area contributed by atoms with Gasteiger partial charge in [0.25, 0.3) is 0 Å². The molecule has 0 spiro atoms. The summed E-state index contributed by atoms with van der Waals surface area (Å²) in [6.45, 7) is 0. The van der Waals surface area contributed by atoms with Gasteiger partial charge < -0.3 is 4.90 Å². The van der Waals surface area contributed by atoms with Crippen molar-refractivity contribution in [2.45, 2.75) is 35.8 Å². The summed E-state index contributed by atoms with van der Waals surface area (Å²) in [5.41, 5.74) is 0.688. The average Bonchev–Trinajstić information content (AvgIpc) is 2.92. The monoisotopic (exact) mass is 279 g/mol. The van der Waals surface area contributed by atoms with Gasteiger partial charge in [-0.05, 0) is 18.9 Å². The second-order valence-electron chi connectivity index (χ2n) is 5.00. The Morgan fingerprint density at radius 1 is 1.37 bits per heavy atom. The minimum Gasteiger partial charge on any atom is -0.376 e. The van der Waals surface area contributed by atoms with E-state index in [4.69, 9.17) is 5.26 Å². The second kappa shape index (κ2) is 5.17. The SMILES string of the molecule is CN(C)c1cnc(C#N)c(S(=O)(=O)C2CCCC2)c1. The molecular weight excluding hydrogens is 262 g/mol. The zero-order chi connectivity index (χ0) is 14.0. The molecule has 6 heteroatoms. The van der Waals surface area contributed by atoms with E-state index in [9.17, 15) is 8.42 Å². The van der Waals surface area contributed by atoms with Crippen LogP contribution in [0.4, 0.5) is 5.69 Å². The van der Waals surface area contributed by atoms with Crippen LogP contribution in [0.2, 0.25) is 0 Å². The summed E-state index contributed by atoms with van der Waals surface area (Å²) < 4.78 is 25.2. The van der Waals surface area contributed by atoms with Crippen molar-refractivity contribution in [1.29, 1.82) is 5.26 Å². The van der Waals surface area contributed by atoms with Gasteiger partial charge in [0.05, 0.1) is 17.1 Å². The Kier molecular flexibility index (Phi) is 3.76. The predicted octanol–water partition coefficient (Wildman–Crippen LogP) is 1.74.